The Kier molecular flexibility index (Phi) is 4.01. The summed E-state index contributed by atoms with van der Waals surface area (Å²) in [5.41, 5.74) is 2.78. The number of anilines is 1. The molecule has 110 valence electrons. The van der Waals surface area contributed by atoms with Crippen LogP contribution in [0.1, 0.15) is 12.5 Å². The molecule has 2 aromatic rings. The zero-order chi connectivity index (χ0) is 15.7. The fourth-order valence-electron chi connectivity index (χ4n) is 2.19. The van der Waals surface area contributed by atoms with E-state index in [2.05, 4.69) is 5.10 Å². The highest BCUT2D eigenvalue weighted by Gasteiger charge is 2.28. The molecule has 3 rings (SSSR count). The summed E-state index contributed by atoms with van der Waals surface area (Å²) in [6.45, 7) is 1.81. The van der Waals surface area contributed by atoms with Gasteiger partial charge in [-0.3, -0.25) is 4.79 Å². The number of halogens is 2. The number of benzene rings is 2. The van der Waals surface area contributed by atoms with Gasteiger partial charge in [-0.2, -0.15) is 10.1 Å². The van der Waals surface area contributed by atoms with Crippen LogP contribution >= 0.6 is 23.2 Å². The van der Waals surface area contributed by atoms with E-state index in [9.17, 15) is 4.79 Å². The smallest absolute Gasteiger partial charge is 0.267 e. The molecule has 0 radical (unpaired) electrons. The molecule has 0 aromatic heterocycles. The first-order chi connectivity index (χ1) is 10.6. The van der Waals surface area contributed by atoms with Crippen LogP contribution in [0.3, 0.4) is 0 Å². The fourth-order valence-corrected chi connectivity index (χ4v) is 2.48. The molecule has 0 atom stereocenters. The average molecular weight is 331 g/mol. The molecule has 5 heteroatoms. The highest BCUT2D eigenvalue weighted by Crippen LogP contribution is 2.30. The van der Waals surface area contributed by atoms with E-state index in [-0.39, 0.29) is 5.91 Å². The van der Waals surface area contributed by atoms with Crippen LogP contribution in [-0.2, 0) is 4.79 Å². The van der Waals surface area contributed by atoms with E-state index in [1.807, 2.05) is 43.3 Å². The first kappa shape index (κ1) is 14.8. The minimum Gasteiger partial charge on any atom is -0.267 e. The number of nitrogens with zero attached hydrogens (tertiary/aromatic N) is 2. The predicted molar refractivity (Wildman–Crippen MR) is 91.5 cm³/mol. The van der Waals surface area contributed by atoms with Crippen LogP contribution < -0.4 is 5.01 Å². The molecule has 0 saturated heterocycles. The van der Waals surface area contributed by atoms with Gasteiger partial charge in [-0.1, -0.05) is 53.5 Å². The minimum atomic E-state index is -0.181. The Labute approximate surface area is 138 Å². The van der Waals surface area contributed by atoms with Crippen LogP contribution in [0, 0.1) is 0 Å². The number of carbonyl (C=O) groups is 1. The van der Waals surface area contributed by atoms with Gasteiger partial charge in [-0.15, -0.1) is 0 Å². The summed E-state index contributed by atoms with van der Waals surface area (Å²) < 4.78 is 0. The minimum absolute atomic E-state index is 0.181. The van der Waals surface area contributed by atoms with Crippen molar-refractivity contribution in [2.75, 3.05) is 5.01 Å². The summed E-state index contributed by atoms with van der Waals surface area (Å²) in [6, 6.07) is 14.7. The van der Waals surface area contributed by atoms with Gasteiger partial charge in [0, 0.05) is 0 Å². The van der Waals surface area contributed by atoms with E-state index in [1.54, 1.807) is 18.2 Å². The molecule has 2 aromatic carbocycles. The zero-order valence-corrected chi connectivity index (χ0v) is 13.3. The summed E-state index contributed by atoms with van der Waals surface area (Å²) in [7, 11) is 0. The van der Waals surface area contributed by atoms with Gasteiger partial charge in [0.05, 0.1) is 27.0 Å². The SMILES string of the molecule is CC1=NN(c2ccc(Cl)c(Cl)c2)C(=O)/C1=C/c1ccccc1. The molecule has 1 amide bonds. The number of carbonyl (C=O) groups excluding carboxylic acids is 1. The lowest BCUT2D eigenvalue weighted by Crippen LogP contribution is -2.21. The van der Waals surface area contributed by atoms with Gasteiger partial charge in [-0.05, 0) is 36.8 Å². The van der Waals surface area contributed by atoms with Gasteiger partial charge in [0.15, 0.2) is 0 Å². The molecule has 0 unspecified atom stereocenters. The van der Waals surface area contributed by atoms with Crippen molar-refractivity contribution in [3.05, 3.63) is 69.7 Å². The Bertz CT molecular complexity index is 798. The summed E-state index contributed by atoms with van der Waals surface area (Å²) in [5, 5.41) is 6.49. The molecule has 0 aliphatic carbocycles. The van der Waals surface area contributed by atoms with Crippen molar-refractivity contribution in [3.63, 3.8) is 0 Å². The largest absolute Gasteiger partial charge is 0.280 e. The number of rotatable bonds is 2. The second-order valence-electron chi connectivity index (χ2n) is 4.87. The lowest BCUT2D eigenvalue weighted by Gasteiger charge is -2.12. The third kappa shape index (κ3) is 2.78. The Balaban J connectivity index is 1.96. The average Bonchev–Trinajstić information content (AvgIpc) is 2.79. The molecule has 3 nitrogen and oxygen atoms in total. The van der Waals surface area contributed by atoms with E-state index < -0.39 is 0 Å². The van der Waals surface area contributed by atoms with Gasteiger partial charge >= 0.3 is 0 Å². The van der Waals surface area contributed by atoms with E-state index >= 15 is 0 Å². The van der Waals surface area contributed by atoms with Gasteiger partial charge in [0.1, 0.15) is 0 Å². The standard InChI is InChI=1S/C17H12Cl2N2O/c1-11-14(9-12-5-3-2-4-6-12)17(22)21(20-11)13-7-8-15(18)16(19)10-13/h2-10H,1H3/b14-9+. The Morgan fingerprint density at radius 1 is 1.05 bits per heavy atom. The molecule has 0 saturated carbocycles. The summed E-state index contributed by atoms with van der Waals surface area (Å²) in [5.74, 6) is -0.181. The van der Waals surface area contributed by atoms with Crippen LogP contribution in [0.5, 0.6) is 0 Å². The Morgan fingerprint density at radius 3 is 2.45 bits per heavy atom. The third-order valence-corrected chi connectivity index (χ3v) is 4.06. The molecule has 22 heavy (non-hydrogen) atoms. The van der Waals surface area contributed by atoms with Crippen LogP contribution in [0.4, 0.5) is 5.69 Å². The molecule has 0 fully saturated rings. The zero-order valence-electron chi connectivity index (χ0n) is 11.8. The molecular formula is C17H12Cl2N2O. The Hall–Kier alpha value is -2.10. The monoisotopic (exact) mass is 330 g/mol. The van der Waals surface area contributed by atoms with Gasteiger partial charge in [0.2, 0.25) is 0 Å². The molecule has 1 aliphatic heterocycles. The lowest BCUT2D eigenvalue weighted by atomic mass is 10.1. The molecule has 0 bridgehead atoms. The van der Waals surface area contributed by atoms with E-state index in [1.165, 1.54) is 5.01 Å². The second kappa shape index (κ2) is 5.95. The van der Waals surface area contributed by atoms with Crippen LogP contribution in [-0.4, -0.2) is 11.6 Å². The van der Waals surface area contributed by atoms with Crippen molar-refractivity contribution < 1.29 is 4.79 Å². The summed E-state index contributed by atoms with van der Waals surface area (Å²) in [6.07, 6.45) is 1.83. The highest BCUT2D eigenvalue weighted by molar-refractivity contribution is 6.42. The van der Waals surface area contributed by atoms with Gasteiger partial charge in [-0.25, -0.2) is 0 Å². The first-order valence-electron chi connectivity index (χ1n) is 6.68. The van der Waals surface area contributed by atoms with E-state index in [4.69, 9.17) is 23.2 Å². The maximum Gasteiger partial charge on any atom is 0.280 e. The van der Waals surface area contributed by atoms with Crippen molar-refractivity contribution in [3.8, 4) is 0 Å². The predicted octanol–water partition coefficient (Wildman–Crippen LogP) is 4.80. The summed E-state index contributed by atoms with van der Waals surface area (Å²) in [4.78, 5) is 12.6. The van der Waals surface area contributed by atoms with E-state index in [0.29, 0.717) is 27.0 Å². The van der Waals surface area contributed by atoms with Crippen molar-refractivity contribution in [2.24, 2.45) is 5.10 Å². The normalized spacial score (nSPS) is 16.3. The summed E-state index contributed by atoms with van der Waals surface area (Å²) >= 11 is 11.9. The van der Waals surface area contributed by atoms with Gasteiger partial charge < -0.3 is 0 Å². The maximum absolute atomic E-state index is 12.6. The van der Waals surface area contributed by atoms with E-state index in [0.717, 1.165) is 5.56 Å². The lowest BCUT2D eigenvalue weighted by molar-refractivity contribution is -0.114. The van der Waals surface area contributed by atoms with Gasteiger partial charge in [0.25, 0.3) is 5.91 Å². The van der Waals surface area contributed by atoms with Crippen molar-refractivity contribution in [1.82, 2.24) is 0 Å². The van der Waals surface area contributed by atoms with Crippen LogP contribution in [0.25, 0.3) is 6.08 Å². The number of amides is 1. The molecule has 1 heterocycles. The first-order valence-corrected chi connectivity index (χ1v) is 7.43. The fraction of sp³-hybridized carbons (Fsp3) is 0.0588. The van der Waals surface area contributed by atoms with Crippen molar-refractivity contribution >= 4 is 46.6 Å². The highest BCUT2D eigenvalue weighted by atomic mass is 35.5. The number of hydrogen-bond donors (Lipinski definition) is 0. The Morgan fingerprint density at radius 2 is 1.77 bits per heavy atom. The third-order valence-electron chi connectivity index (χ3n) is 3.32. The van der Waals surface area contributed by atoms with Crippen molar-refractivity contribution in [1.29, 1.82) is 0 Å². The maximum atomic E-state index is 12.6. The second-order valence-corrected chi connectivity index (χ2v) is 5.68. The van der Waals surface area contributed by atoms with Crippen LogP contribution in [0.2, 0.25) is 10.0 Å². The van der Waals surface area contributed by atoms with Crippen LogP contribution in [0.15, 0.2) is 59.2 Å². The molecular weight excluding hydrogens is 319 g/mol. The van der Waals surface area contributed by atoms with Crippen molar-refractivity contribution in [2.45, 2.75) is 6.92 Å². The molecule has 0 N–H and O–H groups in total. The molecule has 0 spiro atoms. The topological polar surface area (TPSA) is 32.7 Å². The molecule has 1 aliphatic rings. The number of hydrogen-bond acceptors (Lipinski definition) is 2. The number of hydrazone groups is 1. The quantitative estimate of drug-likeness (QED) is 0.728.